The molecule has 0 aliphatic carbocycles. The van der Waals surface area contributed by atoms with Crippen LogP contribution in [-0.2, 0) is 17.6 Å². The quantitative estimate of drug-likeness (QED) is 0.781. The Labute approximate surface area is 113 Å². The van der Waals surface area contributed by atoms with E-state index in [0.717, 1.165) is 25.2 Å². The number of ether oxygens (including phenoxy) is 1. The van der Waals surface area contributed by atoms with Crippen LogP contribution in [0.25, 0.3) is 0 Å². The van der Waals surface area contributed by atoms with E-state index in [-0.39, 0.29) is 12.5 Å². The van der Waals surface area contributed by atoms with Crippen molar-refractivity contribution in [2.75, 3.05) is 26.7 Å². The molecule has 1 aromatic rings. The van der Waals surface area contributed by atoms with Gasteiger partial charge in [-0.25, -0.2) is 0 Å². The summed E-state index contributed by atoms with van der Waals surface area (Å²) < 4.78 is 5.45. The van der Waals surface area contributed by atoms with Crippen LogP contribution in [-0.4, -0.2) is 48.8 Å². The van der Waals surface area contributed by atoms with Crippen molar-refractivity contribution in [3.8, 4) is 5.75 Å². The van der Waals surface area contributed by atoms with Crippen molar-refractivity contribution in [3.63, 3.8) is 0 Å². The van der Waals surface area contributed by atoms with Gasteiger partial charge in [-0.2, -0.15) is 0 Å². The molecule has 1 aliphatic heterocycles. The average molecular weight is 264 g/mol. The van der Waals surface area contributed by atoms with E-state index >= 15 is 0 Å². The number of likely N-dealkylation sites (N-methyl/N-ethyl adjacent to an activating group) is 1. The number of amides is 1. The lowest BCUT2D eigenvalue weighted by atomic mass is 10.1. The molecule has 5 heteroatoms. The van der Waals surface area contributed by atoms with Gasteiger partial charge in [-0.1, -0.05) is 12.1 Å². The van der Waals surface area contributed by atoms with Crippen molar-refractivity contribution >= 4 is 5.91 Å². The van der Waals surface area contributed by atoms with Crippen LogP contribution in [0.3, 0.4) is 0 Å². The molecule has 0 fully saturated rings. The number of aliphatic hydroxyl groups excluding tert-OH is 1. The first kappa shape index (κ1) is 13.8. The number of hydrogen-bond acceptors (Lipinski definition) is 4. The molecule has 1 aliphatic rings. The van der Waals surface area contributed by atoms with Gasteiger partial charge in [-0.05, 0) is 23.6 Å². The molecule has 0 bridgehead atoms. The number of nitrogens with zero attached hydrogens (tertiary/aromatic N) is 1. The van der Waals surface area contributed by atoms with Crippen LogP contribution in [0.2, 0.25) is 0 Å². The third kappa shape index (κ3) is 3.24. The minimum absolute atomic E-state index is 0.0423. The molecule has 1 aromatic carbocycles. The van der Waals surface area contributed by atoms with Gasteiger partial charge in [0.2, 0.25) is 0 Å². The Kier molecular flexibility index (Phi) is 4.39. The van der Waals surface area contributed by atoms with Gasteiger partial charge >= 0.3 is 0 Å². The molecule has 1 unspecified atom stereocenters. The Balaban J connectivity index is 1.90. The lowest BCUT2D eigenvalue weighted by Crippen LogP contribution is -2.41. The second-order valence-corrected chi connectivity index (χ2v) is 4.80. The van der Waals surface area contributed by atoms with E-state index < -0.39 is 6.10 Å². The lowest BCUT2D eigenvalue weighted by Gasteiger charge is -2.19. The van der Waals surface area contributed by atoms with Crippen molar-refractivity contribution < 1.29 is 14.6 Å². The Morgan fingerprint density at radius 1 is 1.58 bits per heavy atom. The number of hydrogen-bond donors (Lipinski definition) is 2. The number of rotatable bonds is 5. The van der Waals surface area contributed by atoms with Crippen molar-refractivity contribution in [1.82, 2.24) is 4.90 Å². The molecule has 0 radical (unpaired) electrons. The minimum atomic E-state index is -1.10. The first-order chi connectivity index (χ1) is 9.11. The molecular weight excluding hydrogens is 244 g/mol. The maximum atomic E-state index is 11.7. The molecule has 2 rings (SSSR count). The summed E-state index contributed by atoms with van der Waals surface area (Å²) in [5, 5.41) is 9.39. The number of carbonyl (C=O) groups excluding carboxylic acids is 1. The molecule has 0 saturated heterocycles. The number of fused-ring (bicyclic) bond motifs is 1. The van der Waals surface area contributed by atoms with Gasteiger partial charge in [0.15, 0.2) is 0 Å². The SMILES string of the molecule is CN(CCc1ccc2c(c1)CCO2)C(=O)C(O)CN. The monoisotopic (exact) mass is 264 g/mol. The predicted molar refractivity (Wildman–Crippen MR) is 72.0 cm³/mol. The number of carbonyl (C=O) groups is 1. The fourth-order valence-corrected chi connectivity index (χ4v) is 2.16. The van der Waals surface area contributed by atoms with Crippen LogP contribution in [0.1, 0.15) is 11.1 Å². The van der Waals surface area contributed by atoms with E-state index in [0.29, 0.717) is 6.54 Å². The highest BCUT2D eigenvalue weighted by Gasteiger charge is 2.18. The predicted octanol–water partition coefficient (Wildman–Crippen LogP) is -0.0580. The van der Waals surface area contributed by atoms with E-state index in [1.165, 1.54) is 16.0 Å². The highest BCUT2D eigenvalue weighted by atomic mass is 16.5. The van der Waals surface area contributed by atoms with Gasteiger partial charge < -0.3 is 20.5 Å². The second kappa shape index (κ2) is 6.04. The van der Waals surface area contributed by atoms with Crippen molar-refractivity contribution in [1.29, 1.82) is 0 Å². The summed E-state index contributed by atoms with van der Waals surface area (Å²) in [6.45, 7) is 1.27. The molecule has 3 N–H and O–H groups in total. The number of nitrogens with two attached hydrogens (primary N) is 1. The molecule has 0 spiro atoms. The maximum Gasteiger partial charge on any atom is 0.252 e. The van der Waals surface area contributed by atoms with Crippen LogP contribution in [0.5, 0.6) is 5.75 Å². The summed E-state index contributed by atoms with van der Waals surface area (Å²) in [6.07, 6.45) is 0.606. The summed E-state index contributed by atoms with van der Waals surface area (Å²) in [6, 6.07) is 6.12. The first-order valence-electron chi connectivity index (χ1n) is 6.49. The van der Waals surface area contributed by atoms with Crippen LogP contribution in [0.15, 0.2) is 18.2 Å². The third-order valence-corrected chi connectivity index (χ3v) is 3.37. The highest BCUT2D eigenvalue weighted by Crippen LogP contribution is 2.25. The van der Waals surface area contributed by atoms with Gasteiger partial charge in [0.25, 0.3) is 5.91 Å². The van der Waals surface area contributed by atoms with Crippen molar-refractivity contribution in [2.24, 2.45) is 5.73 Å². The molecule has 0 aromatic heterocycles. The second-order valence-electron chi connectivity index (χ2n) is 4.80. The third-order valence-electron chi connectivity index (χ3n) is 3.37. The maximum absolute atomic E-state index is 11.7. The molecule has 5 nitrogen and oxygen atoms in total. The first-order valence-corrected chi connectivity index (χ1v) is 6.49. The van der Waals surface area contributed by atoms with Crippen LogP contribution < -0.4 is 10.5 Å². The van der Waals surface area contributed by atoms with Crippen molar-refractivity contribution in [3.05, 3.63) is 29.3 Å². The van der Waals surface area contributed by atoms with E-state index in [1.54, 1.807) is 7.05 Å². The normalized spacial score (nSPS) is 14.7. The Bertz CT molecular complexity index is 462. The molecule has 104 valence electrons. The summed E-state index contributed by atoms with van der Waals surface area (Å²) >= 11 is 0. The van der Waals surface area contributed by atoms with E-state index in [4.69, 9.17) is 10.5 Å². The Morgan fingerprint density at radius 2 is 2.37 bits per heavy atom. The Hall–Kier alpha value is -1.59. The molecule has 1 amide bonds. The van der Waals surface area contributed by atoms with Gasteiger partial charge in [0.1, 0.15) is 11.9 Å². The molecular formula is C14H20N2O3. The van der Waals surface area contributed by atoms with E-state index in [1.807, 2.05) is 12.1 Å². The largest absolute Gasteiger partial charge is 0.493 e. The molecule has 19 heavy (non-hydrogen) atoms. The molecule has 1 atom stereocenters. The minimum Gasteiger partial charge on any atom is -0.493 e. The summed E-state index contributed by atoms with van der Waals surface area (Å²) in [5.41, 5.74) is 7.67. The zero-order chi connectivity index (χ0) is 13.8. The Morgan fingerprint density at radius 3 is 3.11 bits per heavy atom. The van der Waals surface area contributed by atoms with Crippen LogP contribution in [0, 0.1) is 0 Å². The highest BCUT2D eigenvalue weighted by molar-refractivity contribution is 5.80. The zero-order valence-electron chi connectivity index (χ0n) is 11.1. The van der Waals surface area contributed by atoms with Gasteiger partial charge in [0, 0.05) is 26.6 Å². The number of benzene rings is 1. The van der Waals surface area contributed by atoms with Gasteiger partial charge in [-0.15, -0.1) is 0 Å². The molecule has 1 heterocycles. The lowest BCUT2D eigenvalue weighted by molar-refractivity contribution is -0.138. The smallest absolute Gasteiger partial charge is 0.252 e. The van der Waals surface area contributed by atoms with E-state index in [2.05, 4.69) is 6.07 Å². The van der Waals surface area contributed by atoms with Crippen molar-refractivity contribution in [2.45, 2.75) is 18.9 Å². The summed E-state index contributed by atoms with van der Waals surface area (Å²) in [7, 11) is 1.68. The van der Waals surface area contributed by atoms with Gasteiger partial charge in [0.05, 0.1) is 6.61 Å². The standard InChI is InChI=1S/C14H20N2O3/c1-16(14(18)12(17)9-15)6-4-10-2-3-13-11(8-10)5-7-19-13/h2-3,8,12,17H,4-7,9,15H2,1H3. The fraction of sp³-hybridized carbons (Fsp3) is 0.500. The number of aliphatic hydroxyl groups is 1. The zero-order valence-corrected chi connectivity index (χ0v) is 11.1. The summed E-state index contributed by atoms with van der Waals surface area (Å²) in [4.78, 5) is 13.2. The van der Waals surface area contributed by atoms with Crippen LogP contribution in [0.4, 0.5) is 0 Å². The van der Waals surface area contributed by atoms with Gasteiger partial charge in [-0.3, -0.25) is 4.79 Å². The molecule has 0 saturated carbocycles. The van der Waals surface area contributed by atoms with Crippen LogP contribution >= 0.6 is 0 Å². The fourth-order valence-electron chi connectivity index (χ4n) is 2.16. The summed E-state index contributed by atoms with van der Waals surface area (Å²) in [5.74, 6) is 0.638. The van der Waals surface area contributed by atoms with E-state index in [9.17, 15) is 9.90 Å². The topological polar surface area (TPSA) is 75.8 Å². The average Bonchev–Trinajstić information content (AvgIpc) is 2.90.